The van der Waals surface area contributed by atoms with Crippen LogP contribution in [0.5, 0.6) is 0 Å². The maximum absolute atomic E-state index is 13.2. The van der Waals surface area contributed by atoms with Crippen molar-refractivity contribution in [2.45, 2.75) is 62.4 Å². The standard InChI is InChI=1S/C23H22F3N5O3/c24-23(25,26)15-8-4-1-5-13(15)9-10-16-18(32)19(33)22(34-16)31-12-29-17-20(27-11-28-21(17)31)30-14-6-2-3-7-14/h1,4-5,8,11-12,14,16,18-19,22,32-33H,2-3,6-7H2,(H,27,28,30)/t16-,18-,19-,22-/m1/s1. The Bertz CT molecular complexity index is 1250. The Kier molecular flexibility index (Phi) is 5.89. The lowest BCUT2D eigenvalue weighted by atomic mass is 10.1. The van der Waals surface area contributed by atoms with E-state index in [9.17, 15) is 23.4 Å². The SMILES string of the molecule is O[C@@H]1[C@H](O)[C@@H](C#Cc2ccccc2C(F)(F)F)O[C@H]1n1cnc2c(NC3CCCC3)ncnc21. The topological polar surface area (TPSA) is 105 Å². The zero-order valence-corrected chi connectivity index (χ0v) is 17.9. The van der Waals surface area contributed by atoms with Crippen LogP contribution >= 0.6 is 0 Å². The van der Waals surface area contributed by atoms with Crippen LogP contribution in [0.15, 0.2) is 36.9 Å². The monoisotopic (exact) mass is 473 g/mol. The van der Waals surface area contributed by atoms with Crippen molar-refractivity contribution < 1.29 is 28.1 Å². The van der Waals surface area contributed by atoms with Crippen LogP contribution in [-0.2, 0) is 10.9 Å². The number of nitrogens with one attached hydrogen (secondary N) is 1. The number of halogens is 3. The summed E-state index contributed by atoms with van der Waals surface area (Å²) < 4.78 is 46.9. The summed E-state index contributed by atoms with van der Waals surface area (Å²) in [6.07, 6.45) is -2.50. The third kappa shape index (κ3) is 4.20. The number of aliphatic hydroxyl groups is 2. The van der Waals surface area contributed by atoms with E-state index in [1.165, 1.54) is 35.4 Å². The van der Waals surface area contributed by atoms with Crippen molar-refractivity contribution in [3.8, 4) is 11.8 Å². The minimum atomic E-state index is -4.57. The van der Waals surface area contributed by atoms with Crippen LogP contribution in [0.25, 0.3) is 11.2 Å². The molecule has 1 aliphatic carbocycles. The second-order valence-electron chi connectivity index (χ2n) is 8.41. The number of rotatable bonds is 3. The normalized spacial score (nSPS) is 25.4. The van der Waals surface area contributed by atoms with Gasteiger partial charge in [0.05, 0.1) is 11.9 Å². The molecule has 0 radical (unpaired) electrons. The molecule has 1 saturated carbocycles. The van der Waals surface area contributed by atoms with Crippen molar-refractivity contribution in [1.82, 2.24) is 19.5 Å². The number of nitrogens with zero attached hydrogens (tertiary/aromatic N) is 4. The lowest BCUT2D eigenvalue weighted by Crippen LogP contribution is -2.31. The summed E-state index contributed by atoms with van der Waals surface area (Å²) >= 11 is 0. The molecule has 0 unspecified atom stereocenters. The number of alkyl halides is 3. The number of hydrogen-bond donors (Lipinski definition) is 3. The van der Waals surface area contributed by atoms with Gasteiger partial charge in [0.25, 0.3) is 0 Å². The average Bonchev–Trinajstić information content (AvgIpc) is 3.54. The fourth-order valence-corrected chi connectivity index (χ4v) is 4.40. The molecule has 1 saturated heterocycles. The molecule has 8 nitrogen and oxygen atoms in total. The molecule has 0 spiro atoms. The Morgan fingerprint density at radius 1 is 1.06 bits per heavy atom. The van der Waals surface area contributed by atoms with Crippen molar-refractivity contribution in [2.75, 3.05) is 5.32 Å². The molecule has 2 aromatic heterocycles. The van der Waals surface area contributed by atoms with E-state index >= 15 is 0 Å². The molecule has 1 aromatic carbocycles. The quantitative estimate of drug-likeness (QED) is 0.503. The Morgan fingerprint density at radius 2 is 1.82 bits per heavy atom. The third-order valence-corrected chi connectivity index (χ3v) is 6.15. The average molecular weight is 473 g/mol. The molecular weight excluding hydrogens is 451 g/mol. The number of aromatic nitrogens is 4. The summed E-state index contributed by atoms with van der Waals surface area (Å²) in [5, 5.41) is 24.5. The van der Waals surface area contributed by atoms with Gasteiger partial charge in [-0.3, -0.25) is 4.57 Å². The van der Waals surface area contributed by atoms with Crippen LogP contribution in [0.1, 0.15) is 43.0 Å². The lowest BCUT2D eigenvalue weighted by molar-refractivity contribution is -0.137. The summed E-state index contributed by atoms with van der Waals surface area (Å²) in [5.41, 5.74) is -0.241. The summed E-state index contributed by atoms with van der Waals surface area (Å²) in [6, 6.07) is 5.19. The summed E-state index contributed by atoms with van der Waals surface area (Å²) in [5.74, 6) is 5.54. The number of ether oxygens (including phenoxy) is 1. The van der Waals surface area contributed by atoms with Crippen molar-refractivity contribution in [3.05, 3.63) is 48.0 Å². The van der Waals surface area contributed by atoms with Gasteiger partial charge in [0, 0.05) is 11.6 Å². The minimum Gasteiger partial charge on any atom is -0.386 e. The zero-order valence-electron chi connectivity index (χ0n) is 17.9. The molecule has 2 aliphatic rings. The molecule has 2 fully saturated rings. The van der Waals surface area contributed by atoms with Gasteiger partial charge in [0.2, 0.25) is 0 Å². The van der Waals surface area contributed by atoms with E-state index in [2.05, 4.69) is 32.1 Å². The van der Waals surface area contributed by atoms with Gasteiger partial charge >= 0.3 is 6.18 Å². The Morgan fingerprint density at radius 3 is 2.59 bits per heavy atom. The lowest BCUT2D eigenvalue weighted by Gasteiger charge is -2.16. The second-order valence-corrected chi connectivity index (χ2v) is 8.41. The first kappa shape index (κ1) is 22.6. The first-order valence-electron chi connectivity index (χ1n) is 11.0. The van der Waals surface area contributed by atoms with Crippen molar-refractivity contribution in [2.24, 2.45) is 0 Å². The number of hydrogen-bond acceptors (Lipinski definition) is 7. The molecule has 5 rings (SSSR count). The highest BCUT2D eigenvalue weighted by Crippen LogP contribution is 2.34. The van der Waals surface area contributed by atoms with E-state index in [4.69, 9.17) is 4.74 Å². The van der Waals surface area contributed by atoms with Gasteiger partial charge < -0.3 is 20.3 Å². The van der Waals surface area contributed by atoms with Crippen molar-refractivity contribution >= 4 is 17.0 Å². The molecule has 34 heavy (non-hydrogen) atoms. The highest BCUT2D eigenvalue weighted by molar-refractivity contribution is 5.82. The molecule has 3 N–H and O–H groups in total. The van der Waals surface area contributed by atoms with Gasteiger partial charge in [0.15, 0.2) is 23.2 Å². The largest absolute Gasteiger partial charge is 0.417 e. The fraction of sp³-hybridized carbons (Fsp3) is 0.435. The Balaban J connectivity index is 1.41. The van der Waals surface area contributed by atoms with Crippen LogP contribution in [0.3, 0.4) is 0 Å². The predicted octanol–water partition coefficient (Wildman–Crippen LogP) is 2.87. The number of fused-ring (bicyclic) bond motifs is 1. The summed E-state index contributed by atoms with van der Waals surface area (Å²) in [7, 11) is 0. The van der Waals surface area contributed by atoms with E-state index in [1.807, 2.05) is 0 Å². The number of benzene rings is 1. The van der Waals surface area contributed by atoms with E-state index in [0.717, 1.165) is 31.7 Å². The van der Waals surface area contributed by atoms with Crippen LogP contribution in [0, 0.1) is 11.8 Å². The van der Waals surface area contributed by atoms with Crippen molar-refractivity contribution in [3.63, 3.8) is 0 Å². The van der Waals surface area contributed by atoms with Gasteiger partial charge in [-0.2, -0.15) is 13.2 Å². The number of imidazole rings is 1. The predicted molar refractivity (Wildman–Crippen MR) is 115 cm³/mol. The molecule has 3 heterocycles. The first-order chi connectivity index (χ1) is 16.3. The van der Waals surface area contributed by atoms with Gasteiger partial charge in [-0.15, -0.1) is 0 Å². The van der Waals surface area contributed by atoms with Gasteiger partial charge in [0.1, 0.15) is 24.6 Å². The second kappa shape index (κ2) is 8.87. The summed E-state index contributed by atoms with van der Waals surface area (Å²) in [4.78, 5) is 12.9. The highest BCUT2D eigenvalue weighted by Gasteiger charge is 2.44. The minimum absolute atomic E-state index is 0.243. The van der Waals surface area contributed by atoms with Gasteiger partial charge in [-0.1, -0.05) is 36.8 Å². The molecular formula is C23H22F3N5O3. The molecule has 178 valence electrons. The van der Waals surface area contributed by atoms with Crippen molar-refractivity contribution in [1.29, 1.82) is 0 Å². The Labute approximate surface area is 192 Å². The van der Waals surface area contributed by atoms with Crippen LogP contribution < -0.4 is 5.32 Å². The summed E-state index contributed by atoms with van der Waals surface area (Å²) in [6.45, 7) is 0. The smallest absolute Gasteiger partial charge is 0.386 e. The van der Waals surface area contributed by atoms with E-state index < -0.39 is 36.3 Å². The van der Waals surface area contributed by atoms with Crippen LogP contribution in [0.4, 0.5) is 19.0 Å². The molecule has 0 bridgehead atoms. The van der Waals surface area contributed by atoms with E-state index in [0.29, 0.717) is 23.0 Å². The molecule has 3 aromatic rings. The maximum atomic E-state index is 13.2. The zero-order chi connectivity index (χ0) is 23.9. The van der Waals surface area contributed by atoms with Crippen LogP contribution in [0.2, 0.25) is 0 Å². The fourth-order valence-electron chi connectivity index (χ4n) is 4.40. The van der Waals surface area contributed by atoms with Gasteiger partial charge in [-0.05, 0) is 25.0 Å². The number of aliphatic hydroxyl groups excluding tert-OH is 2. The number of anilines is 1. The molecule has 11 heteroatoms. The van der Waals surface area contributed by atoms with Crippen LogP contribution in [-0.4, -0.2) is 54.1 Å². The Hall–Kier alpha value is -3.20. The molecule has 4 atom stereocenters. The third-order valence-electron chi connectivity index (χ3n) is 6.15. The van der Waals surface area contributed by atoms with Gasteiger partial charge in [-0.25, -0.2) is 15.0 Å². The molecule has 1 aliphatic heterocycles. The highest BCUT2D eigenvalue weighted by atomic mass is 19.4. The molecule has 0 amide bonds. The first-order valence-corrected chi connectivity index (χ1v) is 11.0. The van der Waals surface area contributed by atoms with E-state index in [1.54, 1.807) is 0 Å². The van der Waals surface area contributed by atoms with E-state index in [-0.39, 0.29) is 5.56 Å². The maximum Gasteiger partial charge on any atom is 0.417 e.